The van der Waals surface area contributed by atoms with E-state index in [1.165, 1.54) is 33.3 Å². The average Bonchev–Trinajstić information content (AvgIpc) is 4.01. The number of hydrogen-bond acceptors (Lipinski definition) is 4. The summed E-state index contributed by atoms with van der Waals surface area (Å²) in [5.74, 6) is 1.71. The lowest BCUT2D eigenvalue weighted by Gasteiger charge is -2.31. The molecule has 0 fully saturated rings. The van der Waals surface area contributed by atoms with Gasteiger partial charge in [-0.3, -0.25) is 0 Å². The van der Waals surface area contributed by atoms with Crippen molar-refractivity contribution in [2.75, 3.05) is 7.05 Å². The largest absolute Gasteiger partial charge is 0.455 e. The molecule has 66 heavy (non-hydrogen) atoms. The second-order valence-corrected chi connectivity index (χ2v) is 17.4. The van der Waals surface area contributed by atoms with Gasteiger partial charge in [0.2, 0.25) is 0 Å². The highest BCUT2D eigenvalue weighted by Crippen LogP contribution is 2.60. The molecule has 6 heteroatoms. The quantitative estimate of drug-likeness (QED) is 0.162. The molecule has 1 atom stereocenters. The molecule has 0 aliphatic carbocycles. The van der Waals surface area contributed by atoms with Gasteiger partial charge in [0.05, 0.1) is 23.6 Å². The standard InChI is InChI=1S/C60H38N5O/c1-65(51-28-13-10-22-43(51)48-35-39-18-7-8-19-40(39)36-53(48)65)52-33-32-45-44-23-11-14-29-54(44)66-57(45)56(52)60-62-58(41-31-30-37-16-5-6-17-38(37)34-41)61-59(63-60)47-25-15-27-50-55(47)46-24-9-12-26-49(46)64(50)42-20-3-2-4-21-42/h2-36H,1H3/q+1. The fourth-order valence-electron chi connectivity index (χ4n) is 10.8. The maximum absolute atomic E-state index is 7.04. The molecule has 0 radical (unpaired) electrons. The van der Waals surface area contributed by atoms with E-state index in [2.05, 4.69) is 212 Å². The minimum atomic E-state index is 0.380. The maximum atomic E-state index is 7.04. The lowest BCUT2D eigenvalue weighted by atomic mass is 10.0. The summed E-state index contributed by atoms with van der Waals surface area (Å²) in [7, 11) is 2.30. The van der Waals surface area contributed by atoms with Gasteiger partial charge in [-0.15, -0.1) is 0 Å². The number of fused-ring (bicyclic) bond motifs is 11. The Morgan fingerprint density at radius 2 is 1.06 bits per heavy atom. The summed E-state index contributed by atoms with van der Waals surface area (Å²) in [5, 5.41) is 8.90. The predicted octanol–water partition coefficient (Wildman–Crippen LogP) is 15.8. The van der Waals surface area contributed by atoms with Crippen LogP contribution in [0.5, 0.6) is 0 Å². The minimum Gasteiger partial charge on any atom is -0.455 e. The summed E-state index contributed by atoms with van der Waals surface area (Å²) in [5.41, 5.74) is 13.2. The van der Waals surface area contributed by atoms with E-state index >= 15 is 0 Å². The van der Waals surface area contributed by atoms with Crippen molar-refractivity contribution in [1.29, 1.82) is 0 Å². The van der Waals surface area contributed by atoms with Crippen LogP contribution in [0, 0.1) is 0 Å². The lowest BCUT2D eigenvalue weighted by Crippen LogP contribution is -2.32. The summed E-state index contributed by atoms with van der Waals surface area (Å²) < 4.78 is 9.76. The predicted molar refractivity (Wildman–Crippen MR) is 272 cm³/mol. The molecule has 13 aromatic rings. The highest BCUT2D eigenvalue weighted by atomic mass is 16.3. The normalized spacial score (nSPS) is 14.5. The molecule has 0 saturated carbocycles. The molecule has 6 nitrogen and oxygen atoms in total. The lowest BCUT2D eigenvalue weighted by molar-refractivity contribution is 0.637. The molecule has 0 bridgehead atoms. The summed E-state index contributed by atoms with van der Waals surface area (Å²) in [6.45, 7) is 0. The van der Waals surface area contributed by atoms with Crippen LogP contribution in [-0.2, 0) is 0 Å². The van der Waals surface area contributed by atoms with E-state index in [9.17, 15) is 0 Å². The fourth-order valence-corrected chi connectivity index (χ4v) is 10.8. The van der Waals surface area contributed by atoms with Crippen LogP contribution in [0.4, 0.5) is 17.1 Å². The van der Waals surface area contributed by atoms with Crippen molar-refractivity contribution in [3.8, 4) is 51.0 Å². The molecule has 14 rings (SSSR count). The van der Waals surface area contributed by atoms with E-state index in [0.717, 1.165) is 82.6 Å². The number of furan rings is 1. The third-order valence-corrected chi connectivity index (χ3v) is 13.8. The van der Waals surface area contributed by atoms with Gasteiger partial charge in [0, 0.05) is 62.1 Å². The van der Waals surface area contributed by atoms with E-state index in [4.69, 9.17) is 19.4 Å². The third kappa shape index (κ3) is 5.24. The van der Waals surface area contributed by atoms with Gasteiger partial charge in [0.25, 0.3) is 0 Å². The molecule has 1 unspecified atom stereocenters. The smallest absolute Gasteiger partial charge is 0.173 e. The van der Waals surface area contributed by atoms with Gasteiger partial charge in [0.15, 0.2) is 40.1 Å². The van der Waals surface area contributed by atoms with Gasteiger partial charge >= 0.3 is 0 Å². The molecule has 0 N–H and O–H groups in total. The molecular weight excluding hydrogens is 807 g/mol. The number of quaternary nitrogens is 1. The van der Waals surface area contributed by atoms with Crippen LogP contribution in [-0.4, -0.2) is 26.6 Å². The highest BCUT2D eigenvalue weighted by molar-refractivity contribution is 6.16. The summed E-state index contributed by atoms with van der Waals surface area (Å²) in [6, 6.07) is 75.5. The molecule has 308 valence electrons. The topological polar surface area (TPSA) is 56.7 Å². The Morgan fingerprint density at radius 1 is 0.409 bits per heavy atom. The van der Waals surface area contributed by atoms with Crippen molar-refractivity contribution in [3.63, 3.8) is 0 Å². The first-order chi connectivity index (χ1) is 32.6. The molecule has 0 amide bonds. The Balaban J connectivity index is 1.11. The second-order valence-electron chi connectivity index (χ2n) is 17.4. The van der Waals surface area contributed by atoms with Crippen molar-refractivity contribution in [1.82, 2.24) is 24.0 Å². The number of hydrogen-bond donors (Lipinski definition) is 0. The van der Waals surface area contributed by atoms with Crippen LogP contribution >= 0.6 is 0 Å². The number of benzene rings is 10. The van der Waals surface area contributed by atoms with Crippen molar-refractivity contribution >= 4 is 82.4 Å². The van der Waals surface area contributed by atoms with Crippen LogP contribution in [0.1, 0.15) is 0 Å². The number of nitrogens with zero attached hydrogens (tertiary/aromatic N) is 5. The van der Waals surface area contributed by atoms with Crippen LogP contribution in [0.2, 0.25) is 0 Å². The van der Waals surface area contributed by atoms with Crippen molar-refractivity contribution in [2.45, 2.75) is 0 Å². The molecule has 4 heterocycles. The monoisotopic (exact) mass is 844 g/mol. The zero-order chi connectivity index (χ0) is 43.5. The number of para-hydroxylation sites is 4. The van der Waals surface area contributed by atoms with E-state index in [1.54, 1.807) is 0 Å². The summed E-state index contributed by atoms with van der Waals surface area (Å²) in [4.78, 5) is 16.6. The minimum absolute atomic E-state index is 0.380. The Bertz CT molecular complexity index is 4150. The van der Waals surface area contributed by atoms with Gasteiger partial charge in [0.1, 0.15) is 11.1 Å². The Hall–Kier alpha value is -8.71. The number of rotatable bonds is 5. The SMILES string of the molecule is C[N+]1(c2ccc3c(oc4ccccc43)c2-c2nc(-c3ccc4ccccc4c3)nc(-c3cccc4c3c3ccccc3n4-c3ccccc3)n2)c2ccccc2-c2cc3ccccc3cc21. The Kier molecular flexibility index (Phi) is 7.73. The van der Waals surface area contributed by atoms with E-state index in [-0.39, 0.29) is 0 Å². The molecule has 3 aromatic heterocycles. The zero-order valence-corrected chi connectivity index (χ0v) is 35.9. The van der Waals surface area contributed by atoms with Gasteiger partial charge in [-0.2, -0.15) is 0 Å². The van der Waals surface area contributed by atoms with Crippen molar-refractivity contribution < 1.29 is 4.42 Å². The second kappa shape index (κ2) is 13.9. The van der Waals surface area contributed by atoms with Gasteiger partial charge in [-0.25, -0.2) is 19.4 Å². The number of aromatic nitrogens is 4. The molecule has 1 aliphatic heterocycles. The van der Waals surface area contributed by atoms with E-state index < -0.39 is 0 Å². The first-order valence-electron chi connectivity index (χ1n) is 22.4. The summed E-state index contributed by atoms with van der Waals surface area (Å²) >= 11 is 0. The Morgan fingerprint density at radius 3 is 1.92 bits per heavy atom. The van der Waals surface area contributed by atoms with E-state index in [1.807, 2.05) is 12.1 Å². The molecular formula is C60H38N5O+. The molecule has 1 aliphatic rings. The average molecular weight is 845 g/mol. The molecule has 10 aromatic carbocycles. The maximum Gasteiger partial charge on any atom is 0.173 e. The van der Waals surface area contributed by atoms with Crippen LogP contribution in [0.3, 0.4) is 0 Å². The first-order valence-corrected chi connectivity index (χ1v) is 22.4. The zero-order valence-electron chi connectivity index (χ0n) is 35.9. The van der Waals surface area contributed by atoms with Crippen LogP contribution in [0.25, 0.3) is 116 Å². The van der Waals surface area contributed by atoms with Crippen LogP contribution in [0.15, 0.2) is 217 Å². The van der Waals surface area contributed by atoms with Crippen LogP contribution < -0.4 is 4.48 Å². The van der Waals surface area contributed by atoms with Gasteiger partial charge < -0.3 is 8.98 Å². The highest BCUT2D eigenvalue weighted by Gasteiger charge is 2.45. The fraction of sp³-hybridized carbons (Fsp3) is 0.0167. The third-order valence-electron chi connectivity index (χ3n) is 13.8. The van der Waals surface area contributed by atoms with Crippen molar-refractivity contribution in [3.05, 3.63) is 212 Å². The molecule has 0 spiro atoms. The summed E-state index contributed by atoms with van der Waals surface area (Å²) in [6.07, 6.45) is 0. The van der Waals surface area contributed by atoms with E-state index in [0.29, 0.717) is 22.0 Å². The molecule has 0 saturated heterocycles. The van der Waals surface area contributed by atoms with Crippen molar-refractivity contribution in [2.24, 2.45) is 0 Å². The van der Waals surface area contributed by atoms with Gasteiger partial charge in [-0.1, -0.05) is 140 Å². The first kappa shape index (κ1) is 36.7. The Labute approximate surface area is 379 Å². The van der Waals surface area contributed by atoms with Gasteiger partial charge in [-0.05, 0) is 76.1 Å².